The van der Waals surface area contributed by atoms with E-state index in [0.29, 0.717) is 0 Å². The van der Waals surface area contributed by atoms with Crippen LogP contribution >= 0.6 is 0 Å². The first kappa shape index (κ1) is 16.4. The monoisotopic (exact) mass is 289 g/mol. The fourth-order valence-electron chi connectivity index (χ4n) is 1.89. The number of aliphatic hydroxyl groups is 3. The molecule has 1 amide bonds. The number of carboxylic acids is 1. The predicted octanol–water partition coefficient (Wildman–Crippen LogP) is -4.43. The zero-order valence-corrected chi connectivity index (χ0v) is 10.7. The zero-order chi connectivity index (χ0) is 15.4. The van der Waals surface area contributed by atoms with E-state index in [1.165, 1.54) is 6.92 Å². The van der Waals surface area contributed by atoms with E-state index in [0.717, 1.165) is 6.08 Å². The molecule has 6 N–H and O–H groups in total. The van der Waals surface area contributed by atoms with Crippen molar-refractivity contribution in [2.24, 2.45) is 5.73 Å². The average molecular weight is 289 g/mol. The molecule has 1 aliphatic rings. The Balaban J connectivity index is 3.04. The van der Waals surface area contributed by atoms with Crippen molar-refractivity contribution in [2.75, 3.05) is 6.61 Å². The van der Waals surface area contributed by atoms with Gasteiger partial charge in [-0.1, -0.05) is 0 Å². The number of hydrogen-bond donors (Lipinski definition) is 5. The maximum atomic E-state index is 11.1. The van der Waals surface area contributed by atoms with E-state index >= 15 is 0 Å². The van der Waals surface area contributed by atoms with Crippen molar-refractivity contribution in [3.63, 3.8) is 0 Å². The van der Waals surface area contributed by atoms with Gasteiger partial charge in [-0.15, -0.1) is 0 Å². The highest BCUT2D eigenvalue weighted by molar-refractivity contribution is 5.82. The van der Waals surface area contributed by atoms with Crippen molar-refractivity contribution in [3.05, 3.63) is 11.8 Å². The van der Waals surface area contributed by atoms with E-state index in [1.807, 2.05) is 0 Å². The van der Waals surface area contributed by atoms with Gasteiger partial charge in [-0.2, -0.15) is 0 Å². The van der Waals surface area contributed by atoms with E-state index in [9.17, 15) is 24.9 Å². The van der Waals surface area contributed by atoms with Crippen molar-refractivity contribution >= 4 is 11.9 Å². The minimum atomic E-state index is -1.67. The molecule has 0 aromatic heterocycles. The second-order valence-electron chi connectivity index (χ2n) is 4.45. The number of nitrogens with one attached hydrogen (secondary N) is 1. The van der Waals surface area contributed by atoms with Gasteiger partial charge in [0.05, 0.1) is 30.9 Å². The largest absolute Gasteiger partial charge is 0.542 e. The second-order valence-corrected chi connectivity index (χ2v) is 4.45. The number of rotatable bonds is 5. The lowest BCUT2D eigenvalue weighted by Gasteiger charge is -2.39. The summed E-state index contributed by atoms with van der Waals surface area (Å²) in [6.07, 6.45) is -3.18. The first-order valence-electron chi connectivity index (χ1n) is 5.87. The normalized spacial score (nSPS) is 28.9. The molecule has 114 valence electrons. The number of nitrogens with two attached hydrogens (primary N) is 1. The van der Waals surface area contributed by atoms with Gasteiger partial charge in [0.2, 0.25) is 5.91 Å². The summed E-state index contributed by atoms with van der Waals surface area (Å²) in [7, 11) is 0. The van der Waals surface area contributed by atoms with Crippen LogP contribution in [-0.2, 0) is 14.3 Å². The molecular formula is C11H17N2O7-. The van der Waals surface area contributed by atoms with Crippen molar-refractivity contribution in [2.45, 2.75) is 37.3 Å². The van der Waals surface area contributed by atoms with Crippen LogP contribution in [-0.4, -0.2) is 64.2 Å². The molecule has 0 bridgehead atoms. The van der Waals surface area contributed by atoms with Gasteiger partial charge in [0.25, 0.3) is 0 Å². The summed E-state index contributed by atoms with van der Waals surface area (Å²) >= 11 is 0. The number of aliphatic hydroxyl groups excluding tert-OH is 3. The molecule has 0 radical (unpaired) electrons. The quantitative estimate of drug-likeness (QED) is 0.338. The second kappa shape index (κ2) is 6.66. The summed E-state index contributed by atoms with van der Waals surface area (Å²) in [4.78, 5) is 21.9. The number of amides is 1. The third kappa shape index (κ3) is 3.67. The maximum absolute atomic E-state index is 11.1. The minimum absolute atomic E-state index is 0.501. The third-order valence-electron chi connectivity index (χ3n) is 2.89. The molecule has 0 unspecified atom stereocenters. The lowest BCUT2D eigenvalue weighted by Crippen LogP contribution is -2.62. The fourth-order valence-corrected chi connectivity index (χ4v) is 1.89. The molecule has 5 atom stereocenters. The number of carbonyl (C=O) groups excluding carboxylic acids is 2. The van der Waals surface area contributed by atoms with E-state index < -0.39 is 54.6 Å². The molecule has 0 aromatic rings. The molecule has 0 aliphatic carbocycles. The maximum Gasteiger partial charge on any atom is 0.217 e. The van der Waals surface area contributed by atoms with Crippen LogP contribution in [0.25, 0.3) is 0 Å². The number of carbonyl (C=O) groups is 2. The lowest BCUT2D eigenvalue weighted by atomic mass is 9.92. The lowest BCUT2D eigenvalue weighted by molar-refractivity contribution is -0.304. The molecule has 1 aliphatic heterocycles. The van der Waals surface area contributed by atoms with Crippen LogP contribution in [0, 0.1) is 0 Å². The molecule has 0 spiro atoms. The summed E-state index contributed by atoms with van der Waals surface area (Å²) in [6, 6.07) is -2.29. The molecule has 20 heavy (non-hydrogen) atoms. The number of carboxylic acid groups (broad SMARTS) is 1. The SMILES string of the molecule is CC(=O)N[C@H]1[C@H]([C@H](N)[C@H](O)CO)OC(C(=O)[O-])=C[C@@H]1O. The van der Waals surface area contributed by atoms with Gasteiger partial charge in [-0.25, -0.2) is 0 Å². The van der Waals surface area contributed by atoms with E-state index in [1.54, 1.807) is 0 Å². The van der Waals surface area contributed by atoms with Crippen molar-refractivity contribution in [1.82, 2.24) is 5.32 Å². The highest BCUT2D eigenvalue weighted by Crippen LogP contribution is 2.21. The summed E-state index contributed by atoms with van der Waals surface area (Å²) in [5.74, 6) is -2.82. The average Bonchev–Trinajstić information content (AvgIpc) is 2.38. The number of aliphatic carboxylic acids is 1. The Morgan fingerprint density at radius 2 is 2.20 bits per heavy atom. The van der Waals surface area contributed by atoms with Crippen LogP contribution in [0.3, 0.4) is 0 Å². The highest BCUT2D eigenvalue weighted by atomic mass is 16.5. The van der Waals surface area contributed by atoms with E-state index in [-0.39, 0.29) is 0 Å². The Hall–Kier alpha value is -1.68. The summed E-state index contributed by atoms with van der Waals surface area (Å²) in [5.41, 5.74) is 5.66. The van der Waals surface area contributed by atoms with E-state index in [2.05, 4.69) is 5.32 Å². The van der Waals surface area contributed by atoms with Gasteiger partial charge in [-0.05, 0) is 6.08 Å². The molecule has 0 fully saturated rings. The van der Waals surface area contributed by atoms with Gasteiger partial charge in [0.1, 0.15) is 17.8 Å². The van der Waals surface area contributed by atoms with Gasteiger partial charge < -0.3 is 41.0 Å². The molecule has 1 heterocycles. The van der Waals surface area contributed by atoms with Gasteiger partial charge in [0, 0.05) is 6.92 Å². The van der Waals surface area contributed by atoms with Crippen LogP contribution in [0.5, 0.6) is 0 Å². The standard InChI is InChI=1S/C11H18N2O7/c1-4(15)13-9-5(16)2-7(11(18)19)20-10(9)8(12)6(17)3-14/h2,5-6,8-10,14,16-17H,3,12H2,1H3,(H,13,15)(H,18,19)/p-1/t5-,6+,8+,9+,10-/m0/s1. The molecule has 0 aromatic carbocycles. The van der Waals surface area contributed by atoms with Crippen molar-refractivity contribution < 1.29 is 34.8 Å². The number of hydrogen-bond acceptors (Lipinski definition) is 8. The zero-order valence-electron chi connectivity index (χ0n) is 10.7. The Kier molecular flexibility index (Phi) is 5.45. The molecule has 0 saturated heterocycles. The van der Waals surface area contributed by atoms with Crippen molar-refractivity contribution in [1.29, 1.82) is 0 Å². The van der Waals surface area contributed by atoms with E-state index in [4.69, 9.17) is 15.6 Å². The fraction of sp³-hybridized carbons (Fsp3) is 0.636. The number of ether oxygens (including phenoxy) is 1. The summed E-state index contributed by atoms with van der Waals surface area (Å²) in [6.45, 7) is 0.504. The van der Waals surface area contributed by atoms with Gasteiger partial charge in [0.15, 0.2) is 0 Å². The Morgan fingerprint density at radius 3 is 2.65 bits per heavy atom. The Morgan fingerprint density at radius 1 is 1.60 bits per heavy atom. The first-order chi connectivity index (χ1) is 9.27. The Labute approximate surface area is 114 Å². The van der Waals surface area contributed by atoms with Crippen LogP contribution in [0.1, 0.15) is 6.92 Å². The minimum Gasteiger partial charge on any atom is -0.542 e. The third-order valence-corrected chi connectivity index (χ3v) is 2.89. The Bertz CT molecular complexity index is 412. The smallest absolute Gasteiger partial charge is 0.217 e. The predicted molar refractivity (Wildman–Crippen MR) is 62.6 cm³/mol. The summed E-state index contributed by atoms with van der Waals surface area (Å²) in [5, 5.41) is 41.4. The van der Waals surface area contributed by atoms with Crippen LogP contribution in [0.2, 0.25) is 0 Å². The summed E-state index contributed by atoms with van der Waals surface area (Å²) < 4.78 is 5.04. The van der Waals surface area contributed by atoms with Gasteiger partial charge >= 0.3 is 0 Å². The molecule has 1 rings (SSSR count). The topological polar surface area (TPSA) is 165 Å². The molecule has 9 nitrogen and oxygen atoms in total. The van der Waals surface area contributed by atoms with Crippen LogP contribution < -0.4 is 16.2 Å². The molecule has 9 heteroatoms. The van der Waals surface area contributed by atoms with Gasteiger partial charge in [-0.3, -0.25) is 4.79 Å². The molecular weight excluding hydrogens is 272 g/mol. The van der Waals surface area contributed by atoms with Crippen molar-refractivity contribution in [3.8, 4) is 0 Å². The highest BCUT2D eigenvalue weighted by Gasteiger charge is 2.40. The molecule has 0 saturated carbocycles. The first-order valence-corrected chi connectivity index (χ1v) is 5.87. The van der Waals surface area contributed by atoms with Crippen LogP contribution in [0.4, 0.5) is 0 Å². The van der Waals surface area contributed by atoms with Crippen LogP contribution in [0.15, 0.2) is 11.8 Å².